The molecule has 0 amide bonds. The summed E-state index contributed by atoms with van der Waals surface area (Å²) in [5.74, 6) is 0.536. The minimum Gasteiger partial charge on any atom is -0.387 e. The van der Waals surface area contributed by atoms with Gasteiger partial charge in [-0.3, -0.25) is 15.0 Å². The third-order valence-corrected chi connectivity index (χ3v) is 4.74. The van der Waals surface area contributed by atoms with Gasteiger partial charge in [0.25, 0.3) is 0 Å². The Hall–Kier alpha value is -0.880. The summed E-state index contributed by atoms with van der Waals surface area (Å²) in [6, 6.07) is 0. The van der Waals surface area contributed by atoms with E-state index in [9.17, 15) is 0 Å². The Morgan fingerprint density at radius 1 is 1.58 bits per heavy atom. The fraction of sp³-hybridized carbons (Fsp3) is 0.692. The summed E-state index contributed by atoms with van der Waals surface area (Å²) in [5, 5.41) is 12.1. The van der Waals surface area contributed by atoms with Gasteiger partial charge < -0.3 is 5.73 Å². The first-order valence-corrected chi connectivity index (χ1v) is 7.58. The van der Waals surface area contributed by atoms with Crippen molar-refractivity contribution in [2.24, 2.45) is 18.7 Å². The van der Waals surface area contributed by atoms with Crippen LogP contribution in [0.2, 0.25) is 0 Å². The van der Waals surface area contributed by atoms with Gasteiger partial charge in [0.15, 0.2) is 0 Å². The van der Waals surface area contributed by atoms with Crippen LogP contribution in [-0.4, -0.2) is 33.6 Å². The molecule has 0 aromatic carbocycles. The van der Waals surface area contributed by atoms with Crippen LogP contribution in [0.1, 0.15) is 31.2 Å². The van der Waals surface area contributed by atoms with Gasteiger partial charge >= 0.3 is 0 Å². The molecule has 0 aliphatic carbocycles. The molecule has 1 saturated heterocycles. The lowest BCUT2D eigenvalue weighted by molar-refractivity contribution is 0.191. The van der Waals surface area contributed by atoms with E-state index in [-0.39, 0.29) is 5.92 Å². The van der Waals surface area contributed by atoms with Gasteiger partial charge in [-0.05, 0) is 41.7 Å². The van der Waals surface area contributed by atoms with Gasteiger partial charge in [-0.1, -0.05) is 6.92 Å². The molecular formula is C13H22BrN5. The maximum Gasteiger partial charge on any atom is 0.0949 e. The number of hydrogen-bond acceptors (Lipinski definition) is 3. The highest BCUT2D eigenvalue weighted by molar-refractivity contribution is 9.10. The summed E-state index contributed by atoms with van der Waals surface area (Å²) in [6.07, 6.45) is 3.09. The normalized spacial score (nSPS) is 20.7. The van der Waals surface area contributed by atoms with Crippen molar-refractivity contribution in [3.63, 3.8) is 0 Å². The number of piperidine rings is 1. The van der Waals surface area contributed by atoms with Crippen LogP contribution in [-0.2, 0) is 20.0 Å². The van der Waals surface area contributed by atoms with E-state index >= 15 is 0 Å². The van der Waals surface area contributed by atoms with Crippen molar-refractivity contribution in [2.75, 3.05) is 13.1 Å². The summed E-state index contributed by atoms with van der Waals surface area (Å²) in [6.45, 7) is 4.94. The topological polar surface area (TPSA) is 70.9 Å². The summed E-state index contributed by atoms with van der Waals surface area (Å²) < 4.78 is 3.09. The standard InChI is InChI=1S/C13H22BrN5/c1-3-10-12(14)11(18(2)17-10)8-19-6-4-5-9(7-19)13(15)16/h9H,3-8H2,1-2H3,(H3,15,16). The summed E-state index contributed by atoms with van der Waals surface area (Å²) in [7, 11) is 1.99. The molecule has 1 unspecified atom stereocenters. The Kier molecular flexibility index (Phi) is 4.62. The molecule has 19 heavy (non-hydrogen) atoms. The zero-order valence-electron chi connectivity index (χ0n) is 11.6. The molecule has 3 N–H and O–H groups in total. The van der Waals surface area contributed by atoms with Gasteiger partial charge in [0.1, 0.15) is 0 Å². The molecular weight excluding hydrogens is 306 g/mol. The number of nitrogens with zero attached hydrogens (tertiary/aromatic N) is 3. The highest BCUT2D eigenvalue weighted by atomic mass is 79.9. The largest absolute Gasteiger partial charge is 0.387 e. The monoisotopic (exact) mass is 327 g/mol. The van der Waals surface area contributed by atoms with Crippen LogP contribution in [0.5, 0.6) is 0 Å². The molecule has 0 saturated carbocycles. The highest BCUT2D eigenvalue weighted by Gasteiger charge is 2.24. The number of likely N-dealkylation sites (tertiary alicyclic amines) is 1. The molecule has 5 nitrogen and oxygen atoms in total. The number of aromatic nitrogens is 2. The Bertz CT molecular complexity index is 468. The molecule has 6 heteroatoms. The maximum atomic E-state index is 7.60. The Balaban J connectivity index is 2.08. The van der Waals surface area contributed by atoms with E-state index in [0.717, 1.165) is 49.1 Å². The van der Waals surface area contributed by atoms with Crippen molar-refractivity contribution < 1.29 is 0 Å². The molecule has 1 aliphatic heterocycles. The van der Waals surface area contributed by atoms with Crippen molar-refractivity contribution in [3.8, 4) is 0 Å². The molecule has 0 bridgehead atoms. The van der Waals surface area contributed by atoms with Gasteiger partial charge in [-0.25, -0.2) is 0 Å². The fourth-order valence-corrected chi connectivity index (χ4v) is 3.40. The van der Waals surface area contributed by atoms with Crippen LogP contribution in [0.4, 0.5) is 0 Å². The number of halogens is 1. The molecule has 2 rings (SSSR count). The van der Waals surface area contributed by atoms with Crippen LogP contribution in [0.3, 0.4) is 0 Å². The average Bonchev–Trinajstić information content (AvgIpc) is 2.66. The van der Waals surface area contributed by atoms with Crippen molar-refractivity contribution in [3.05, 3.63) is 15.9 Å². The molecule has 1 aromatic rings. The molecule has 106 valence electrons. The lowest BCUT2D eigenvalue weighted by Gasteiger charge is -2.32. The van der Waals surface area contributed by atoms with E-state index < -0.39 is 0 Å². The Labute approximate surface area is 122 Å². The van der Waals surface area contributed by atoms with Crippen LogP contribution in [0, 0.1) is 11.3 Å². The number of amidine groups is 1. The van der Waals surface area contributed by atoms with Crippen molar-refractivity contribution in [1.29, 1.82) is 5.41 Å². The molecule has 0 radical (unpaired) electrons. The van der Waals surface area contributed by atoms with E-state index in [1.54, 1.807) is 0 Å². The molecule has 1 fully saturated rings. The third kappa shape index (κ3) is 3.17. The minimum atomic E-state index is 0.214. The summed E-state index contributed by atoms with van der Waals surface area (Å²) in [5.41, 5.74) is 7.96. The number of nitrogens with two attached hydrogens (primary N) is 1. The zero-order valence-corrected chi connectivity index (χ0v) is 13.2. The van der Waals surface area contributed by atoms with Crippen molar-refractivity contribution in [1.82, 2.24) is 14.7 Å². The predicted molar refractivity (Wildman–Crippen MR) is 80.2 cm³/mol. The van der Waals surface area contributed by atoms with Crippen molar-refractivity contribution >= 4 is 21.8 Å². The number of aryl methyl sites for hydroxylation is 2. The molecule has 1 aliphatic rings. The lowest BCUT2D eigenvalue weighted by atomic mass is 9.97. The zero-order chi connectivity index (χ0) is 14.0. The SMILES string of the molecule is CCc1nn(C)c(CN2CCCC(C(=N)N)C2)c1Br. The second-order valence-electron chi connectivity index (χ2n) is 5.21. The fourth-order valence-electron chi connectivity index (χ4n) is 2.66. The predicted octanol–water partition coefficient (Wildman–Crippen LogP) is 1.89. The summed E-state index contributed by atoms with van der Waals surface area (Å²) in [4.78, 5) is 2.37. The second kappa shape index (κ2) is 6.05. The van der Waals surface area contributed by atoms with E-state index in [1.165, 1.54) is 5.69 Å². The van der Waals surface area contributed by atoms with E-state index in [4.69, 9.17) is 11.1 Å². The van der Waals surface area contributed by atoms with E-state index in [0.29, 0.717) is 5.84 Å². The average molecular weight is 328 g/mol. The minimum absolute atomic E-state index is 0.214. The second-order valence-corrected chi connectivity index (χ2v) is 6.01. The van der Waals surface area contributed by atoms with Gasteiger partial charge in [-0.2, -0.15) is 5.10 Å². The molecule has 0 spiro atoms. The molecule has 1 atom stereocenters. The van der Waals surface area contributed by atoms with Gasteiger partial charge in [-0.15, -0.1) is 0 Å². The van der Waals surface area contributed by atoms with E-state index in [2.05, 4.69) is 32.9 Å². The van der Waals surface area contributed by atoms with Gasteiger partial charge in [0.05, 0.1) is 21.7 Å². The van der Waals surface area contributed by atoms with Crippen LogP contribution < -0.4 is 5.73 Å². The third-order valence-electron chi connectivity index (χ3n) is 3.82. The Morgan fingerprint density at radius 2 is 2.32 bits per heavy atom. The lowest BCUT2D eigenvalue weighted by Crippen LogP contribution is -2.40. The number of hydrogen-bond donors (Lipinski definition) is 2. The first-order chi connectivity index (χ1) is 9.02. The van der Waals surface area contributed by atoms with Crippen LogP contribution >= 0.6 is 15.9 Å². The Morgan fingerprint density at radius 3 is 2.89 bits per heavy atom. The van der Waals surface area contributed by atoms with E-state index in [1.807, 2.05) is 11.7 Å². The first kappa shape index (κ1) is 14.5. The van der Waals surface area contributed by atoms with Gasteiger partial charge in [0, 0.05) is 26.1 Å². The van der Waals surface area contributed by atoms with Crippen LogP contribution in [0.25, 0.3) is 0 Å². The highest BCUT2D eigenvalue weighted by Crippen LogP contribution is 2.25. The maximum absolute atomic E-state index is 7.60. The summed E-state index contributed by atoms with van der Waals surface area (Å²) >= 11 is 3.66. The van der Waals surface area contributed by atoms with Crippen LogP contribution in [0.15, 0.2) is 4.47 Å². The van der Waals surface area contributed by atoms with Crippen molar-refractivity contribution in [2.45, 2.75) is 32.7 Å². The smallest absolute Gasteiger partial charge is 0.0949 e. The van der Waals surface area contributed by atoms with Gasteiger partial charge in [0.2, 0.25) is 0 Å². The number of rotatable bonds is 4. The first-order valence-electron chi connectivity index (χ1n) is 6.79. The number of nitrogens with one attached hydrogen (secondary N) is 1. The molecule has 1 aromatic heterocycles. The quantitative estimate of drug-likeness (QED) is 0.655. The molecule has 2 heterocycles.